The predicted octanol–water partition coefficient (Wildman–Crippen LogP) is 1.49. The quantitative estimate of drug-likeness (QED) is 0.717. The standard InChI is InChI=1S/C17H27N3O4S.ClH/c1-18-9-6-13-7-10-20(11-8-13)17(21)14-4-5-15(24-3)16(12-14)25(22,23)19-2;/h4-5,12-13,18-19H,6-11H2,1-3H3;1H. The van der Waals surface area contributed by atoms with Crippen LogP contribution in [0, 0.1) is 5.92 Å². The number of piperidine rings is 1. The summed E-state index contributed by atoms with van der Waals surface area (Å²) >= 11 is 0. The summed E-state index contributed by atoms with van der Waals surface area (Å²) in [5.74, 6) is 0.714. The highest BCUT2D eigenvalue weighted by Gasteiger charge is 2.25. The Hall–Kier alpha value is -1.35. The normalized spacial score (nSPS) is 15.4. The van der Waals surface area contributed by atoms with Crippen LogP contribution in [0.2, 0.25) is 0 Å². The molecule has 1 aliphatic rings. The number of nitrogens with one attached hydrogen (secondary N) is 2. The molecular weight excluding hydrogens is 378 g/mol. The van der Waals surface area contributed by atoms with E-state index in [1.165, 1.54) is 26.3 Å². The highest BCUT2D eigenvalue weighted by molar-refractivity contribution is 7.89. The van der Waals surface area contributed by atoms with Crippen LogP contribution in [0.15, 0.2) is 23.1 Å². The first-order valence-corrected chi connectivity index (χ1v) is 9.96. The summed E-state index contributed by atoms with van der Waals surface area (Å²) in [6.45, 7) is 2.39. The molecule has 1 aromatic rings. The minimum absolute atomic E-state index is 0. The molecule has 0 spiro atoms. The molecule has 26 heavy (non-hydrogen) atoms. The van der Waals surface area contributed by atoms with E-state index in [0.29, 0.717) is 24.6 Å². The zero-order chi connectivity index (χ0) is 18.4. The summed E-state index contributed by atoms with van der Waals surface area (Å²) in [4.78, 5) is 14.5. The highest BCUT2D eigenvalue weighted by atomic mass is 35.5. The number of hydrogen-bond acceptors (Lipinski definition) is 5. The van der Waals surface area contributed by atoms with E-state index in [9.17, 15) is 13.2 Å². The fourth-order valence-electron chi connectivity index (χ4n) is 3.09. The van der Waals surface area contributed by atoms with Crippen molar-refractivity contribution in [2.45, 2.75) is 24.2 Å². The first-order chi connectivity index (χ1) is 11.9. The SMILES string of the molecule is CNCCC1CCN(C(=O)c2ccc(OC)c(S(=O)(=O)NC)c2)CC1.Cl. The number of rotatable bonds is 7. The van der Waals surface area contributed by atoms with E-state index >= 15 is 0 Å². The number of benzene rings is 1. The second-order valence-electron chi connectivity index (χ2n) is 6.20. The number of hydrogen-bond donors (Lipinski definition) is 2. The number of halogens is 1. The van der Waals surface area contributed by atoms with E-state index in [4.69, 9.17) is 4.74 Å². The van der Waals surface area contributed by atoms with Crippen LogP contribution < -0.4 is 14.8 Å². The lowest BCUT2D eigenvalue weighted by atomic mass is 9.93. The maximum atomic E-state index is 12.7. The maximum Gasteiger partial charge on any atom is 0.253 e. The van der Waals surface area contributed by atoms with E-state index in [-0.39, 0.29) is 29.0 Å². The number of carbonyl (C=O) groups excluding carboxylic acids is 1. The topological polar surface area (TPSA) is 87.7 Å². The van der Waals surface area contributed by atoms with Crippen LogP contribution in [0.4, 0.5) is 0 Å². The summed E-state index contributed by atoms with van der Waals surface area (Å²) in [6, 6.07) is 4.53. The van der Waals surface area contributed by atoms with Gasteiger partial charge in [0.15, 0.2) is 0 Å². The van der Waals surface area contributed by atoms with Gasteiger partial charge in [0.1, 0.15) is 10.6 Å². The van der Waals surface area contributed by atoms with E-state index in [2.05, 4.69) is 10.0 Å². The van der Waals surface area contributed by atoms with Crippen LogP contribution >= 0.6 is 12.4 Å². The third-order valence-corrected chi connectivity index (χ3v) is 6.11. The minimum atomic E-state index is -3.70. The molecule has 1 saturated heterocycles. The molecule has 0 unspecified atom stereocenters. The Morgan fingerprint density at radius 1 is 1.27 bits per heavy atom. The molecule has 1 aromatic carbocycles. The van der Waals surface area contributed by atoms with Gasteiger partial charge in [-0.1, -0.05) is 0 Å². The second-order valence-corrected chi connectivity index (χ2v) is 8.06. The van der Waals surface area contributed by atoms with Crippen LogP contribution in [0.5, 0.6) is 5.75 Å². The molecule has 1 amide bonds. The molecule has 2 rings (SSSR count). The molecule has 0 radical (unpaired) electrons. The number of methoxy groups -OCH3 is 1. The Morgan fingerprint density at radius 3 is 2.46 bits per heavy atom. The van der Waals surface area contributed by atoms with Crippen LogP contribution in [-0.2, 0) is 10.0 Å². The summed E-state index contributed by atoms with van der Waals surface area (Å²) in [7, 11) is 0.981. The van der Waals surface area contributed by atoms with Crippen molar-refractivity contribution in [3.05, 3.63) is 23.8 Å². The van der Waals surface area contributed by atoms with Crippen molar-refractivity contribution < 1.29 is 17.9 Å². The van der Waals surface area contributed by atoms with Crippen LogP contribution in [0.3, 0.4) is 0 Å². The van der Waals surface area contributed by atoms with Crippen LogP contribution in [0.1, 0.15) is 29.6 Å². The van der Waals surface area contributed by atoms with E-state index in [1.807, 2.05) is 7.05 Å². The lowest BCUT2D eigenvalue weighted by Gasteiger charge is -2.32. The van der Waals surface area contributed by atoms with Crippen molar-refractivity contribution in [3.63, 3.8) is 0 Å². The first kappa shape index (κ1) is 22.7. The molecule has 0 atom stereocenters. The van der Waals surface area contributed by atoms with Gasteiger partial charge in [-0.15, -0.1) is 12.4 Å². The number of sulfonamides is 1. The van der Waals surface area contributed by atoms with Gasteiger partial charge in [0.2, 0.25) is 10.0 Å². The lowest BCUT2D eigenvalue weighted by Crippen LogP contribution is -2.39. The Bertz CT molecular complexity index is 704. The van der Waals surface area contributed by atoms with E-state index < -0.39 is 10.0 Å². The largest absolute Gasteiger partial charge is 0.495 e. The Kier molecular flexibility index (Phi) is 8.82. The summed E-state index contributed by atoms with van der Waals surface area (Å²) in [6.07, 6.45) is 3.07. The van der Waals surface area contributed by atoms with Gasteiger partial charge in [-0.05, 0) is 64.0 Å². The van der Waals surface area contributed by atoms with Crippen molar-refractivity contribution in [3.8, 4) is 5.75 Å². The number of amides is 1. The third-order valence-electron chi connectivity index (χ3n) is 4.67. The first-order valence-electron chi connectivity index (χ1n) is 8.48. The number of likely N-dealkylation sites (tertiary alicyclic amines) is 1. The molecule has 0 bridgehead atoms. The summed E-state index contributed by atoms with van der Waals surface area (Å²) < 4.78 is 31.7. The summed E-state index contributed by atoms with van der Waals surface area (Å²) in [5.41, 5.74) is 0.364. The van der Waals surface area contributed by atoms with Crippen molar-refractivity contribution in [1.29, 1.82) is 0 Å². The zero-order valence-corrected chi connectivity index (χ0v) is 17.1. The van der Waals surface area contributed by atoms with E-state index in [0.717, 1.165) is 25.8 Å². The number of nitrogens with zero attached hydrogens (tertiary/aromatic N) is 1. The van der Waals surface area contributed by atoms with Gasteiger partial charge in [0.05, 0.1) is 7.11 Å². The third kappa shape index (κ3) is 5.33. The second kappa shape index (κ2) is 10.1. The van der Waals surface area contributed by atoms with Gasteiger partial charge < -0.3 is 15.0 Å². The monoisotopic (exact) mass is 405 g/mol. The van der Waals surface area contributed by atoms with Crippen molar-refractivity contribution in [2.24, 2.45) is 5.92 Å². The molecule has 7 nitrogen and oxygen atoms in total. The molecule has 148 valence electrons. The van der Waals surface area contributed by atoms with Crippen molar-refractivity contribution in [1.82, 2.24) is 14.9 Å². The van der Waals surface area contributed by atoms with Gasteiger partial charge in [0, 0.05) is 18.7 Å². The van der Waals surface area contributed by atoms with Gasteiger partial charge in [0.25, 0.3) is 5.91 Å². The molecule has 1 heterocycles. The Morgan fingerprint density at radius 2 is 1.92 bits per heavy atom. The molecule has 1 fully saturated rings. The molecule has 9 heteroatoms. The number of carbonyl (C=O) groups is 1. The predicted molar refractivity (Wildman–Crippen MR) is 104 cm³/mol. The summed E-state index contributed by atoms with van der Waals surface area (Å²) in [5, 5.41) is 3.16. The van der Waals surface area contributed by atoms with Crippen LogP contribution in [-0.4, -0.2) is 60.1 Å². The molecule has 0 aliphatic carbocycles. The highest BCUT2D eigenvalue weighted by Crippen LogP contribution is 2.27. The molecule has 1 aliphatic heterocycles. The number of ether oxygens (including phenoxy) is 1. The smallest absolute Gasteiger partial charge is 0.253 e. The van der Waals surface area contributed by atoms with Crippen LogP contribution in [0.25, 0.3) is 0 Å². The zero-order valence-electron chi connectivity index (χ0n) is 15.4. The van der Waals surface area contributed by atoms with Crippen molar-refractivity contribution >= 4 is 28.3 Å². The van der Waals surface area contributed by atoms with Crippen molar-refractivity contribution in [2.75, 3.05) is 40.8 Å². The molecule has 0 saturated carbocycles. The molecule has 0 aromatic heterocycles. The average molecular weight is 406 g/mol. The van der Waals surface area contributed by atoms with Gasteiger partial charge in [-0.3, -0.25) is 4.79 Å². The van der Waals surface area contributed by atoms with Gasteiger partial charge >= 0.3 is 0 Å². The Balaban J connectivity index is 0.00000338. The lowest BCUT2D eigenvalue weighted by molar-refractivity contribution is 0.0687. The fourth-order valence-corrected chi connectivity index (χ4v) is 4.00. The van der Waals surface area contributed by atoms with E-state index in [1.54, 1.807) is 11.0 Å². The fraction of sp³-hybridized carbons (Fsp3) is 0.588. The molecular formula is C17H28ClN3O4S. The van der Waals surface area contributed by atoms with Gasteiger partial charge in [-0.25, -0.2) is 13.1 Å². The van der Waals surface area contributed by atoms with Gasteiger partial charge in [-0.2, -0.15) is 0 Å². The maximum absolute atomic E-state index is 12.7. The Labute approximate surface area is 161 Å². The molecule has 2 N–H and O–H groups in total. The minimum Gasteiger partial charge on any atom is -0.495 e. The average Bonchev–Trinajstić information content (AvgIpc) is 2.65.